The third kappa shape index (κ3) is 5.39. The molecule has 6 heteroatoms. The molecular weight excluding hydrogens is 345 g/mol. The van der Waals surface area contributed by atoms with Gasteiger partial charge in [0.25, 0.3) is 0 Å². The van der Waals surface area contributed by atoms with Crippen LogP contribution >= 0.6 is 23.2 Å². The molecule has 0 saturated carbocycles. The van der Waals surface area contributed by atoms with Gasteiger partial charge in [-0.3, -0.25) is 4.79 Å². The van der Waals surface area contributed by atoms with Crippen molar-refractivity contribution in [2.45, 2.75) is 27.2 Å². The lowest BCUT2D eigenvalue weighted by Gasteiger charge is -2.17. The normalized spacial score (nSPS) is 11.2. The smallest absolute Gasteiger partial charge is 0.230 e. The Morgan fingerprint density at radius 1 is 1.17 bits per heavy atom. The van der Waals surface area contributed by atoms with Crippen LogP contribution < -0.4 is 10.6 Å². The molecule has 0 bridgehead atoms. The fraction of sp³-hybridized carbons (Fsp3) is 0.333. The summed E-state index contributed by atoms with van der Waals surface area (Å²) in [7, 11) is 0. The van der Waals surface area contributed by atoms with E-state index in [1.54, 1.807) is 18.3 Å². The highest BCUT2D eigenvalue weighted by Gasteiger charge is 2.21. The van der Waals surface area contributed by atoms with Crippen molar-refractivity contribution in [1.82, 2.24) is 4.98 Å². The second-order valence-corrected chi connectivity index (χ2v) is 7.39. The molecule has 1 amide bonds. The number of pyridine rings is 1. The summed E-state index contributed by atoms with van der Waals surface area (Å²) in [5, 5.41) is 7.38. The lowest BCUT2D eigenvalue weighted by Crippen LogP contribution is -2.27. The Morgan fingerprint density at radius 2 is 1.92 bits per heavy atom. The summed E-state index contributed by atoms with van der Waals surface area (Å²) in [5.74, 6) is 0.481. The van der Waals surface area contributed by atoms with Gasteiger partial charge in [-0.05, 0) is 36.2 Å². The molecule has 0 aliphatic heterocycles. The first kappa shape index (κ1) is 18.6. The molecule has 2 N–H and O–H groups in total. The summed E-state index contributed by atoms with van der Waals surface area (Å²) < 4.78 is 0. The molecule has 0 aliphatic rings. The van der Waals surface area contributed by atoms with Gasteiger partial charge in [-0.2, -0.15) is 0 Å². The van der Waals surface area contributed by atoms with Gasteiger partial charge in [-0.15, -0.1) is 0 Å². The van der Waals surface area contributed by atoms with Crippen molar-refractivity contribution in [1.29, 1.82) is 0 Å². The van der Waals surface area contributed by atoms with Crippen molar-refractivity contribution in [2.75, 3.05) is 17.2 Å². The van der Waals surface area contributed by atoms with Gasteiger partial charge in [0.1, 0.15) is 5.82 Å². The maximum absolute atomic E-state index is 11.9. The first-order valence-electron chi connectivity index (χ1n) is 7.71. The van der Waals surface area contributed by atoms with E-state index in [1.807, 2.05) is 39.0 Å². The summed E-state index contributed by atoms with van der Waals surface area (Å²) >= 11 is 12.0. The van der Waals surface area contributed by atoms with E-state index in [4.69, 9.17) is 23.2 Å². The third-order valence-electron chi connectivity index (χ3n) is 3.42. The summed E-state index contributed by atoms with van der Waals surface area (Å²) in [6.45, 7) is 6.30. The number of rotatable bonds is 5. The zero-order chi connectivity index (χ0) is 17.7. The SMILES string of the molecule is CC(C)(C)C(=O)Nc1ccc(NCCc2ccc(Cl)cc2Cl)cn1. The molecule has 0 radical (unpaired) electrons. The van der Waals surface area contributed by atoms with E-state index in [-0.39, 0.29) is 5.91 Å². The van der Waals surface area contributed by atoms with Gasteiger partial charge in [0.2, 0.25) is 5.91 Å². The largest absolute Gasteiger partial charge is 0.383 e. The average molecular weight is 366 g/mol. The van der Waals surface area contributed by atoms with Crippen LogP contribution in [0.4, 0.5) is 11.5 Å². The lowest BCUT2D eigenvalue weighted by molar-refractivity contribution is -0.123. The Bertz CT molecular complexity index is 709. The second kappa shape index (κ2) is 7.86. The summed E-state index contributed by atoms with van der Waals surface area (Å²) in [5.41, 5.74) is 1.47. The molecular formula is C18H21Cl2N3O. The number of benzene rings is 1. The molecule has 0 unspecified atom stereocenters. The number of anilines is 2. The van der Waals surface area contributed by atoms with Crippen molar-refractivity contribution in [3.05, 3.63) is 52.1 Å². The molecule has 1 aromatic carbocycles. The maximum atomic E-state index is 11.9. The van der Waals surface area contributed by atoms with Crippen molar-refractivity contribution < 1.29 is 4.79 Å². The van der Waals surface area contributed by atoms with Gasteiger partial charge in [0.15, 0.2) is 0 Å². The zero-order valence-electron chi connectivity index (χ0n) is 14.0. The topological polar surface area (TPSA) is 54.0 Å². The van der Waals surface area contributed by atoms with Crippen LogP contribution in [0.5, 0.6) is 0 Å². The number of carbonyl (C=O) groups is 1. The van der Waals surface area contributed by atoms with Crippen LogP contribution in [-0.2, 0) is 11.2 Å². The highest BCUT2D eigenvalue weighted by molar-refractivity contribution is 6.35. The molecule has 1 heterocycles. The molecule has 0 fully saturated rings. The quantitative estimate of drug-likeness (QED) is 0.781. The standard InChI is InChI=1S/C18H21Cl2N3O/c1-18(2,3)17(24)23-16-7-6-14(11-22-16)21-9-8-12-4-5-13(19)10-15(12)20/h4-7,10-11,21H,8-9H2,1-3H3,(H,22,23,24). The van der Waals surface area contributed by atoms with Crippen LogP contribution in [-0.4, -0.2) is 17.4 Å². The monoisotopic (exact) mass is 365 g/mol. The molecule has 24 heavy (non-hydrogen) atoms. The number of carbonyl (C=O) groups excluding carboxylic acids is 1. The van der Waals surface area contributed by atoms with Crippen LogP contribution in [0.15, 0.2) is 36.5 Å². The van der Waals surface area contributed by atoms with E-state index in [0.29, 0.717) is 15.9 Å². The molecule has 0 saturated heterocycles. The van der Waals surface area contributed by atoms with Crippen LogP contribution in [0.2, 0.25) is 10.0 Å². The van der Waals surface area contributed by atoms with Crippen molar-refractivity contribution in [2.24, 2.45) is 5.41 Å². The predicted octanol–water partition coefficient (Wildman–Crippen LogP) is 5.03. The first-order chi connectivity index (χ1) is 11.3. The number of amides is 1. The minimum Gasteiger partial charge on any atom is -0.383 e. The fourth-order valence-electron chi connectivity index (χ4n) is 1.94. The van der Waals surface area contributed by atoms with Crippen LogP contribution in [0.3, 0.4) is 0 Å². The predicted molar refractivity (Wildman–Crippen MR) is 101 cm³/mol. The van der Waals surface area contributed by atoms with Gasteiger partial charge < -0.3 is 10.6 Å². The van der Waals surface area contributed by atoms with E-state index < -0.39 is 5.41 Å². The third-order valence-corrected chi connectivity index (χ3v) is 4.01. The molecule has 2 aromatic rings. The Hall–Kier alpha value is -1.78. The second-order valence-electron chi connectivity index (χ2n) is 6.55. The highest BCUT2D eigenvalue weighted by atomic mass is 35.5. The lowest BCUT2D eigenvalue weighted by atomic mass is 9.96. The molecule has 128 valence electrons. The highest BCUT2D eigenvalue weighted by Crippen LogP contribution is 2.21. The molecule has 1 aromatic heterocycles. The minimum absolute atomic E-state index is 0.0620. The summed E-state index contributed by atoms with van der Waals surface area (Å²) in [4.78, 5) is 16.2. The van der Waals surface area contributed by atoms with Crippen LogP contribution in [0.25, 0.3) is 0 Å². The van der Waals surface area contributed by atoms with Crippen LogP contribution in [0.1, 0.15) is 26.3 Å². The van der Waals surface area contributed by atoms with E-state index >= 15 is 0 Å². The molecule has 0 spiro atoms. The van der Waals surface area contributed by atoms with Gasteiger partial charge in [0, 0.05) is 22.0 Å². The Balaban J connectivity index is 1.87. The first-order valence-corrected chi connectivity index (χ1v) is 8.46. The van der Waals surface area contributed by atoms with Gasteiger partial charge >= 0.3 is 0 Å². The van der Waals surface area contributed by atoms with E-state index in [9.17, 15) is 4.79 Å². The molecule has 2 rings (SSSR count). The molecule has 4 nitrogen and oxygen atoms in total. The number of nitrogens with zero attached hydrogens (tertiary/aromatic N) is 1. The molecule has 0 aliphatic carbocycles. The minimum atomic E-state index is -0.448. The molecule has 0 atom stereocenters. The number of hydrogen-bond donors (Lipinski definition) is 2. The van der Waals surface area contributed by atoms with Crippen molar-refractivity contribution in [3.8, 4) is 0 Å². The summed E-state index contributed by atoms with van der Waals surface area (Å²) in [6, 6.07) is 9.16. The van der Waals surface area contributed by atoms with E-state index in [2.05, 4.69) is 15.6 Å². The average Bonchev–Trinajstić information content (AvgIpc) is 2.50. The van der Waals surface area contributed by atoms with E-state index in [0.717, 1.165) is 24.2 Å². The maximum Gasteiger partial charge on any atom is 0.230 e. The number of hydrogen-bond acceptors (Lipinski definition) is 3. The Morgan fingerprint density at radius 3 is 2.50 bits per heavy atom. The Labute approximate surface area is 152 Å². The number of aromatic nitrogens is 1. The van der Waals surface area contributed by atoms with Crippen molar-refractivity contribution in [3.63, 3.8) is 0 Å². The Kier molecular flexibility index (Phi) is 6.08. The zero-order valence-corrected chi connectivity index (χ0v) is 15.5. The van der Waals surface area contributed by atoms with Gasteiger partial charge in [0.05, 0.1) is 11.9 Å². The number of halogens is 2. The fourth-order valence-corrected chi connectivity index (χ4v) is 2.45. The van der Waals surface area contributed by atoms with Gasteiger partial charge in [-0.25, -0.2) is 4.98 Å². The van der Waals surface area contributed by atoms with Gasteiger partial charge in [-0.1, -0.05) is 50.0 Å². The van der Waals surface area contributed by atoms with Crippen LogP contribution in [0, 0.1) is 5.41 Å². The summed E-state index contributed by atoms with van der Waals surface area (Å²) in [6.07, 6.45) is 2.47. The van der Waals surface area contributed by atoms with Crippen molar-refractivity contribution >= 4 is 40.6 Å². The van der Waals surface area contributed by atoms with E-state index in [1.165, 1.54) is 0 Å². The number of nitrogens with one attached hydrogen (secondary N) is 2.